The van der Waals surface area contributed by atoms with E-state index >= 15 is 0 Å². The smallest absolute Gasteiger partial charge is 0.252 e. The molecule has 1 aliphatic rings. The number of sulfonamides is 1. The molecule has 1 saturated heterocycles. The molecule has 5 nitrogen and oxygen atoms in total. The van der Waals surface area contributed by atoms with Crippen LogP contribution in [0.2, 0.25) is 0 Å². The zero-order chi connectivity index (χ0) is 15.3. The highest BCUT2D eigenvalue weighted by Gasteiger charge is 2.28. The summed E-state index contributed by atoms with van der Waals surface area (Å²) in [6.45, 7) is 7.17. The van der Waals surface area contributed by atoms with Crippen molar-refractivity contribution in [3.63, 3.8) is 0 Å². The third kappa shape index (κ3) is 4.26. The van der Waals surface area contributed by atoms with E-state index in [1.165, 1.54) is 15.6 Å². The van der Waals surface area contributed by atoms with Crippen molar-refractivity contribution in [2.75, 3.05) is 26.2 Å². The quantitative estimate of drug-likeness (QED) is 0.791. The van der Waals surface area contributed by atoms with E-state index in [0.717, 1.165) is 31.6 Å². The van der Waals surface area contributed by atoms with Crippen LogP contribution < -0.4 is 5.32 Å². The molecule has 1 aromatic heterocycles. The Balaban J connectivity index is 2.08. The molecule has 1 unspecified atom stereocenters. The topological polar surface area (TPSA) is 58.6 Å². The van der Waals surface area contributed by atoms with Crippen molar-refractivity contribution in [1.82, 2.24) is 9.62 Å². The van der Waals surface area contributed by atoms with Crippen LogP contribution in [0.25, 0.3) is 0 Å². The van der Waals surface area contributed by atoms with Gasteiger partial charge in [-0.15, -0.1) is 11.3 Å². The molecule has 2 heterocycles. The summed E-state index contributed by atoms with van der Waals surface area (Å²) in [4.78, 5) is 0. The summed E-state index contributed by atoms with van der Waals surface area (Å²) >= 11 is 1.30. The second kappa shape index (κ2) is 7.69. The molecule has 0 radical (unpaired) electrons. The molecule has 1 aromatic rings. The predicted octanol–water partition coefficient (Wildman–Crippen LogP) is 2.05. The van der Waals surface area contributed by atoms with Gasteiger partial charge in [0.15, 0.2) is 0 Å². The van der Waals surface area contributed by atoms with Crippen molar-refractivity contribution >= 4 is 21.4 Å². The van der Waals surface area contributed by atoms with Crippen LogP contribution in [0.1, 0.15) is 32.3 Å². The molecule has 21 heavy (non-hydrogen) atoms. The number of likely N-dealkylation sites (N-methyl/N-ethyl adjacent to an activating group) is 1. The van der Waals surface area contributed by atoms with Gasteiger partial charge in [0.25, 0.3) is 10.0 Å². The lowest BCUT2D eigenvalue weighted by Gasteiger charge is -2.22. The Morgan fingerprint density at radius 3 is 2.90 bits per heavy atom. The lowest BCUT2D eigenvalue weighted by atomic mass is 10.2. The molecule has 0 bridgehead atoms. The maximum absolute atomic E-state index is 12.7. The molecule has 7 heteroatoms. The van der Waals surface area contributed by atoms with E-state index in [9.17, 15) is 8.42 Å². The Hall–Kier alpha value is -0.470. The van der Waals surface area contributed by atoms with E-state index in [-0.39, 0.29) is 6.10 Å². The summed E-state index contributed by atoms with van der Waals surface area (Å²) in [6, 6.07) is 1.78. The van der Waals surface area contributed by atoms with Crippen molar-refractivity contribution in [3.8, 4) is 0 Å². The standard InChI is InChI=1S/C14H24N2O3S2/c1-3-15-9-12-8-14(20-11-12)21(17,18)16(4-2)10-13-6-5-7-19-13/h8,11,13,15H,3-7,9-10H2,1-2H3. The van der Waals surface area contributed by atoms with Crippen LogP contribution in [0, 0.1) is 0 Å². The van der Waals surface area contributed by atoms with Crippen LogP contribution in [0.5, 0.6) is 0 Å². The van der Waals surface area contributed by atoms with Crippen molar-refractivity contribution in [2.24, 2.45) is 0 Å². The Bertz CT molecular complexity index is 536. The van der Waals surface area contributed by atoms with Crippen LogP contribution in [0.15, 0.2) is 15.7 Å². The second-order valence-corrected chi connectivity index (χ2v) is 8.22. The van der Waals surface area contributed by atoms with E-state index < -0.39 is 10.0 Å². The average molecular weight is 332 g/mol. The fourth-order valence-electron chi connectivity index (χ4n) is 2.39. The van der Waals surface area contributed by atoms with Crippen molar-refractivity contribution < 1.29 is 13.2 Å². The number of nitrogens with one attached hydrogen (secondary N) is 1. The molecule has 0 saturated carbocycles. The molecule has 0 aliphatic carbocycles. The van der Waals surface area contributed by atoms with Crippen LogP contribution >= 0.6 is 11.3 Å². The highest BCUT2D eigenvalue weighted by atomic mass is 32.2. The number of thiophene rings is 1. The third-order valence-corrected chi connectivity index (χ3v) is 6.99. The van der Waals surface area contributed by atoms with Gasteiger partial charge in [-0.3, -0.25) is 0 Å². The lowest BCUT2D eigenvalue weighted by Crippen LogP contribution is -2.36. The molecular weight excluding hydrogens is 308 g/mol. The Labute approximate surface area is 131 Å². The lowest BCUT2D eigenvalue weighted by molar-refractivity contribution is 0.0947. The van der Waals surface area contributed by atoms with Gasteiger partial charge in [0.2, 0.25) is 0 Å². The second-order valence-electron chi connectivity index (χ2n) is 5.15. The molecule has 1 N–H and O–H groups in total. The highest BCUT2D eigenvalue weighted by Crippen LogP contribution is 2.25. The van der Waals surface area contributed by atoms with Gasteiger partial charge >= 0.3 is 0 Å². The summed E-state index contributed by atoms with van der Waals surface area (Å²) in [7, 11) is -3.40. The SMILES string of the molecule is CCNCc1csc(S(=O)(=O)N(CC)CC2CCCO2)c1. The summed E-state index contributed by atoms with van der Waals surface area (Å²) < 4.78 is 32.9. The normalized spacial score (nSPS) is 19.5. The fourth-order valence-corrected chi connectivity index (χ4v) is 5.23. The van der Waals surface area contributed by atoms with Crippen LogP contribution in [-0.4, -0.2) is 45.1 Å². The minimum absolute atomic E-state index is 0.0425. The molecular formula is C14H24N2O3S2. The number of hydrogen-bond acceptors (Lipinski definition) is 5. The van der Waals surface area contributed by atoms with Gasteiger partial charge in [0.05, 0.1) is 6.10 Å². The van der Waals surface area contributed by atoms with Crippen LogP contribution in [0.4, 0.5) is 0 Å². The monoisotopic (exact) mass is 332 g/mol. The molecule has 0 spiro atoms. The molecule has 1 aliphatic heterocycles. The van der Waals surface area contributed by atoms with Gasteiger partial charge in [-0.05, 0) is 36.4 Å². The van der Waals surface area contributed by atoms with Gasteiger partial charge in [-0.25, -0.2) is 8.42 Å². The van der Waals surface area contributed by atoms with Crippen molar-refractivity contribution in [2.45, 2.75) is 43.5 Å². The first-order chi connectivity index (χ1) is 10.1. The maximum Gasteiger partial charge on any atom is 0.252 e. The largest absolute Gasteiger partial charge is 0.377 e. The number of rotatable bonds is 8. The van der Waals surface area contributed by atoms with Gasteiger partial charge in [0, 0.05) is 26.2 Å². The van der Waals surface area contributed by atoms with Crippen molar-refractivity contribution in [3.05, 3.63) is 17.0 Å². The van der Waals surface area contributed by atoms with Gasteiger partial charge in [-0.1, -0.05) is 13.8 Å². The van der Waals surface area contributed by atoms with Gasteiger partial charge in [-0.2, -0.15) is 4.31 Å². The minimum Gasteiger partial charge on any atom is -0.377 e. The van der Waals surface area contributed by atoms with E-state index in [1.807, 2.05) is 19.2 Å². The zero-order valence-electron chi connectivity index (χ0n) is 12.7. The Kier molecular flexibility index (Phi) is 6.19. The van der Waals surface area contributed by atoms with Crippen LogP contribution in [0.3, 0.4) is 0 Å². The summed E-state index contributed by atoms with van der Waals surface area (Å²) in [5.74, 6) is 0. The molecule has 1 atom stereocenters. The highest BCUT2D eigenvalue weighted by molar-refractivity contribution is 7.91. The predicted molar refractivity (Wildman–Crippen MR) is 85.1 cm³/mol. The Morgan fingerprint density at radius 2 is 2.29 bits per heavy atom. The van der Waals surface area contributed by atoms with E-state index in [1.54, 1.807) is 6.07 Å². The summed E-state index contributed by atoms with van der Waals surface area (Å²) in [5, 5.41) is 5.12. The number of ether oxygens (including phenoxy) is 1. The Morgan fingerprint density at radius 1 is 1.48 bits per heavy atom. The molecule has 0 amide bonds. The first-order valence-corrected chi connectivity index (χ1v) is 9.79. The molecule has 0 aromatic carbocycles. The average Bonchev–Trinajstić information content (AvgIpc) is 3.13. The first-order valence-electron chi connectivity index (χ1n) is 7.47. The van der Waals surface area contributed by atoms with Gasteiger partial charge < -0.3 is 10.1 Å². The molecule has 2 rings (SSSR count). The van der Waals surface area contributed by atoms with Crippen LogP contribution in [-0.2, 0) is 21.3 Å². The van der Waals surface area contributed by atoms with E-state index in [4.69, 9.17) is 4.74 Å². The minimum atomic E-state index is -3.40. The van der Waals surface area contributed by atoms with Crippen molar-refractivity contribution in [1.29, 1.82) is 0 Å². The van der Waals surface area contributed by atoms with E-state index in [0.29, 0.717) is 23.8 Å². The third-order valence-electron chi connectivity index (χ3n) is 3.59. The summed E-state index contributed by atoms with van der Waals surface area (Å²) in [6.07, 6.45) is 2.01. The van der Waals surface area contributed by atoms with E-state index in [2.05, 4.69) is 5.32 Å². The maximum atomic E-state index is 12.7. The molecule has 1 fully saturated rings. The summed E-state index contributed by atoms with van der Waals surface area (Å²) in [5.41, 5.74) is 1.02. The fraction of sp³-hybridized carbons (Fsp3) is 0.714. The first kappa shape index (κ1) is 16.9. The number of hydrogen-bond donors (Lipinski definition) is 1. The number of nitrogens with zero attached hydrogens (tertiary/aromatic N) is 1. The zero-order valence-corrected chi connectivity index (χ0v) is 14.3. The van der Waals surface area contributed by atoms with Gasteiger partial charge in [0.1, 0.15) is 4.21 Å². The molecule has 120 valence electrons.